The molecule has 2 aliphatic carbocycles. The van der Waals surface area contributed by atoms with E-state index in [1.54, 1.807) is 24.3 Å². The number of hydrogen-bond donors (Lipinski definition) is 1. The first kappa shape index (κ1) is 24.2. The average molecular weight is 623 g/mol. The Balaban J connectivity index is 1.49. The summed E-state index contributed by atoms with van der Waals surface area (Å²) in [5.74, 6) is -1.16. The summed E-state index contributed by atoms with van der Waals surface area (Å²) >= 11 is 12.7. The molecule has 3 aliphatic rings. The van der Waals surface area contributed by atoms with Gasteiger partial charge < -0.3 is 4.74 Å². The van der Waals surface area contributed by atoms with E-state index in [0.29, 0.717) is 25.4 Å². The highest BCUT2D eigenvalue weighted by Gasteiger charge is 2.49. The lowest BCUT2D eigenvalue weighted by Gasteiger charge is -2.35. The largest absolute Gasteiger partial charge is 0.421 e. The monoisotopic (exact) mass is 620 g/mol. The van der Waals surface area contributed by atoms with Crippen LogP contribution in [0, 0.1) is 11.8 Å². The lowest BCUT2D eigenvalue weighted by Crippen LogP contribution is -2.58. The smallest absolute Gasteiger partial charge is 0.343 e. The van der Waals surface area contributed by atoms with Gasteiger partial charge in [-0.2, -0.15) is 0 Å². The third kappa shape index (κ3) is 4.69. The first-order valence-electron chi connectivity index (χ1n) is 11.1. The van der Waals surface area contributed by atoms with Crippen molar-refractivity contribution < 1.29 is 23.9 Å². The van der Waals surface area contributed by atoms with E-state index in [2.05, 4.69) is 37.2 Å². The summed E-state index contributed by atoms with van der Waals surface area (Å²) in [6, 6.07) is 8.63. The van der Waals surface area contributed by atoms with Crippen molar-refractivity contribution in [3.8, 4) is 5.75 Å². The van der Waals surface area contributed by atoms with Crippen LogP contribution in [-0.2, 0) is 9.59 Å². The van der Waals surface area contributed by atoms with Crippen LogP contribution in [0.4, 0.5) is 4.79 Å². The molecule has 7 nitrogen and oxygen atoms in total. The molecule has 180 valence electrons. The highest BCUT2D eigenvalue weighted by atomic mass is 79.9. The minimum absolute atomic E-state index is 0.129. The molecule has 10 heteroatoms. The number of benzene rings is 2. The van der Waals surface area contributed by atoms with Gasteiger partial charge in [0, 0.05) is 21.1 Å². The number of carbonyl (C=O) groups excluding carboxylic acids is 4. The highest BCUT2D eigenvalue weighted by molar-refractivity contribution is 9.11. The van der Waals surface area contributed by atoms with Crippen molar-refractivity contribution in [2.75, 3.05) is 0 Å². The number of esters is 1. The molecule has 2 aromatic carbocycles. The van der Waals surface area contributed by atoms with Gasteiger partial charge in [0.25, 0.3) is 11.8 Å². The molecule has 1 heterocycles. The topological polar surface area (TPSA) is 92.8 Å². The summed E-state index contributed by atoms with van der Waals surface area (Å²) in [4.78, 5) is 52.7. The van der Waals surface area contributed by atoms with Gasteiger partial charge in [0.15, 0.2) is 5.75 Å². The number of fused-ring (bicyclic) bond motifs is 2. The number of barbiturate groups is 1. The molecule has 1 aliphatic heterocycles. The zero-order chi connectivity index (χ0) is 24.9. The Morgan fingerprint density at radius 2 is 1.83 bits per heavy atom. The Bertz CT molecular complexity index is 1290. The van der Waals surface area contributed by atoms with Crippen LogP contribution >= 0.6 is 43.5 Å². The average Bonchev–Trinajstić information content (AvgIpc) is 3.43. The molecule has 1 N–H and O–H groups in total. The SMILES string of the molecule is O=C1NC(=O)N([C@@H]2C[C@H]3CC[C@H]2C3)C(=O)/C1=C\c1cc(Br)cc(Br)c1OC(=O)c1ccc(Cl)cc1. The molecule has 3 atom stereocenters. The van der Waals surface area contributed by atoms with E-state index in [0.717, 1.165) is 25.7 Å². The molecule has 5 rings (SSSR count). The number of imide groups is 2. The molecule has 2 bridgehead atoms. The van der Waals surface area contributed by atoms with Gasteiger partial charge in [0.05, 0.1) is 10.0 Å². The normalized spacial score (nSPS) is 24.8. The number of rotatable bonds is 4. The molecule has 1 saturated heterocycles. The van der Waals surface area contributed by atoms with E-state index in [1.165, 1.54) is 23.1 Å². The van der Waals surface area contributed by atoms with E-state index in [9.17, 15) is 19.2 Å². The van der Waals surface area contributed by atoms with Crippen molar-refractivity contribution >= 4 is 73.4 Å². The lowest BCUT2D eigenvalue weighted by molar-refractivity contribution is -0.132. The maximum atomic E-state index is 13.4. The summed E-state index contributed by atoms with van der Waals surface area (Å²) < 4.78 is 6.71. The van der Waals surface area contributed by atoms with Crippen molar-refractivity contribution in [3.63, 3.8) is 0 Å². The third-order valence-corrected chi connectivity index (χ3v) is 8.08. The molecule has 0 aromatic heterocycles. The van der Waals surface area contributed by atoms with Gasteiger partial charge in [0.1, 0.15) is 5.57 Å². The number of urea groups is 1. The predicted octanol–water partition coefficient (Wildman–Crippen LogP) is 5.73. The Kier molecular flexibility index (Phi) is 6.59. The molecule has 2 aromatic rings. The number of nitrogens with zero attached hydrogens (tertiary/aromatic N) is 1. The minimum atomic E-state index is -0.787. The van der Waals surface area contributed by atoms with E-state index in [-0.39, 0.29) is 28.8 Å². The van der Waals surface area contributed by atoms with Crippen LogP contribution in [0.2, 0.25) is 5.02 Å². The summed E-state index contributed by atoms with van der Waals surface area (Å²) in [5, 5.41) is 2.78. The molecule has 4 amide bonds. The fourth-order valence-corrected chi connectivity index (χ4v) is 6.65. The third-order valence-electron chi connectivity index (χ3n) is 6.78. The van der Waals surface area contributed by atoms with Crippen LogP contribution in [-0.4, -0.2) is 34.8 Å². The second-order valence-corrected chi connectivity index (χ2v) is 11.1. The van der Waals surface area contributed by atoms with Crippen LogP contribution in [0.5, 0.6) is 5.75 Å². The highest BCUT2D eigenvalue weighted by Crippen LogP contribution is 2.47. The molecule has 0 unspecified atom stereocenters. The van der Waals surface area contributed by atoms with Crippen LogP contribution in [0.3, 0.4) is 0 Å². The number of nitrogens with one attached hydrogen (secondary N) is 1. The molecule has 3 fully saturated rings. The van der Waals surface area contributed by atoms with Crippen LogP contribution in [0.1, 0.15) is 41.6 Å². The Hall–Kier alpha value is -2.49. The van der Waals surface area contributed by atoms with Crippen molar-refractivity contribution in [3.05, 3.63) is 67.1 Å². The van der Waals surface area contributed by atoms with Gasteiger partial charge in [-0.15, -0.1) is 0 Å². The molecule has 0 spiro atoms. The van der Waals surface area contributed by atoms with Crippen LogP contribution < -0.4 is 10.1 Å². The summed E-state index contributed by atoms with van der Waals surface area (Å²) in [6.07, 6.45) is 5.20. The number of halogens is 3. The van der Waals surface area contributed by atoms with Crippen molar-refractivity contribution in [2.24, 2.45) is 11.8 Å². The second kappa shape index (κ2) is 9.52. The number of amides is 4. The summed E-state index contributed by atoms with van der Waals surface area (Å²) in [7, 11) is 0. The van der Waals surface area contributed by atoms with Crippen LogP contribution in [0.15, 0.2) is 50.9 Å². The first-order chi connectivity index (χ1) is 16.7. The Labute approximate surface area is 223 Å². The maximum Gasteiger partial charge on any atom is 0.343 e. The second-order valence-electron chi connectivity index (χ2n) is 8.94. The Morgan fingerprint density at radius 1 is 1.09 bits per heavy atom. The minimum Gasteiger partial charge on any atom is -0.421 e. The summed E-state index contributed by atoms with van der Waals surface area (Å²) in [5.41, 5.74) is 0.401. The van der Waals surface area contributed by atoms with Gasteiger partial charge in [-0.05, 0) is 89.5 Å². The fraction of sp³-hybridized carbons (Fsp3) is 0.280. The van der Waals surface area contributed by atoms with E-state index in [1.807, 2.05) is 0 Å². The molecule has 0 radical (unpaired) electrons. The van der Waals surface area contributed by atoms with Gasteiger partial charge in [0.2, 0.25) is 0 Å². The number of ether oxygens (including phenoxy) is 1. The number of hydrogen-bond acceptors (Lipinski definition) is 5. The first-order valence-corrected chi connectivity index (χ1v) is 13.0. The van der Waals surface area contributed by atoms with Crippen molar-refractivity contribution in [1.29, 1.82) is 0 Å². The van der Waals surface area contributed by atoms with Crippen molar-refractivity contribution in [1.82, 2.24) is 10.2 Å². The van der Waals surface area contributed by atoms with E-state index in [4.69, 9.17) is 16.3 Å². The standard InChI is InChI=1S/C25H19Br2ClN2O5/c26-16-9-15(21(19(27)11-16)35-24(33)13-3-5-17(28)6-4-13)10-18-22(31)29-25(34)30(23(18)32)20-8-12-1-2-14(20)7-12/h3-6,9-12,14,20H,1-2,7-8H2,(H,29,31,34)/b18-10-/t12-,14-,20+/m0/s1. The lowest BCUT2D eigenvalue weighted by atomic mass is 9.93. The summed E-state index contributed by atoms with van der Waals surface area (Å²) in [6.45, 7) is 0. The molecular formula is C25H19Br2ClN2O5. The van der Waals surface area contributed by atoms with E-state index < -0.39 is 23.8 Å². The number of carbonyl (C=O) groups is 4. The van der Waals surface area contributed by atoms with E-state index >= 15 is 0 Å². The zero-order valence-electron chi connectivity index (χ0n) is 18.2. The maximum absolute atomic E-state index is 13.4. The van der Waals surface area contributed by atoms with Gasteiger partial charge in [-0.25, -0.2) is 9.59 Å². The van der Waals surface area contributed by atoms with Gasteiger partial charge in [-0.1, -0.05) is 34.0 Å². The molecule has 2 saturated carbocycles. The molecule has 35 heavy (non-hydrogen) atoms. The Morgan fingerprint density at radius 3 is 2.49 bits per heavy atom. The fourth-order valence-electron chi connectivity index (χ4n) is 5.19. The quantitative estimate of drug-likeness (QED) is 0.203. The zero-order valence-corrected chi connectivity index (χ0v) is 22.2. The van der Waals surface area contributed by atoms with Gasteiger partial charge in [-0.3, -0.25) is 19.8 Å². The predicted molar refractivity (Wildman–Crippen MR) is 136 cm³/mol. The van der Waals surface area contributed by atoms with Crippen LogP contribution in [0.25, 0.3) is 6.08 Å². The van der Waals surface area contributed by atoms with Crippen molar-refractivity contribution in [2.45, 2.75) is 31.7 Å². The molecular weight excluding hydrogens is 604 g/mol. The van der Waals surface area contributed by atoms with Gasteiger partial charge >= 0.3 is 12.0 Å².